The fourth-order valence-corrected chi connectivity index (χ4v) is 3.40. The lowest BCUT2D eigenvalue weighted by molar-refractivity contribution is -0.128. The highest BCUT2D eigenvalue weighted by atomic mass is 16.5. The van der Waals surface area contributed by atoms with Gasteiger partial charge in [0.25, 0.3) is 0 Å². The smallest absolute Gasteiger partial charge is 0.239 e. The monoisotopic (exact) mass is 358 g/mol. The fraction of sp³-hybridized carbons (Fsp3) is 0.500. The van der Waals surface area contributed by atoms with Crippen LogP contribution in [0, 0.1) is 5.92 Å². The molecule has 6 nitrogen and oxygen atoms in total. The minimum atomic E-state index is -0.298. The summed E-state index contributed by atoms with van der Waals surface area (Å²) in [4.78, 5) is 24.1. The van der Waals surface area contributed by atoms with E-state index >= 15 is 0 Å². The van der Waals surface area contributed by atoms with Gasteiger partial charge in [0.2, 0.25) is 11.8 Å². The number of furan rings is 1. The van der Waals surface area contributed by atoms with E-state index in [0.29, 0.717) is 23.7 Å². The quantitative estimate of drug-likeness (QED) is 0.796. The summed E-state index contributed by atoms with van der Waals surface area (Å²) in [5.41, 5.74) is 0.681. The van der Waals surface area contributed by atoms with Crippen LogP contribution in [0.15, 0.2) is 28.7 Å². The van der Waals surface area contributed by atoms with E-state index in [1.165, 1.54) is 0 Å². The maximum Gasteiger partial charge on any atom is 0.239 e. The Labute approximate surface area is 153 Å². The van der Waals surface area contributed by atoms with Crippen LogP contribution in [0.3, 0.4) is 0 Å². The molecule has 0 spiro atoms. The molecule has 1 saturated carbocycles. The zero-order valence-electron chi connectivity index (χ0n) is 15.3. The molecule has 0 radical (unpaired) electrons. The van der Waals surface area contributed by atoms with Crippen molar-refractivity contribution in [1.29, 1.82) is 0 Å². The molecule has 26 heavy (non-hydrogen) atoms. The number of ether oxygens (including phenoxy) is 1. The molecule has 1 heterocycles. The fourth-order valence-electron chi connectivity index (χ4n) is 3.40. The number of carbonyl (C=O) groups excluding carboxylic acids is 2. The molecule has 2 aromatic rings. The minimum absolute atomic E-state index is 0.00982. The van der Waals surface area contributed by atoms with Gasteiger partial charge in [0.15, 0.2) is 11.3 Å². The summed E-state index contributed by atoms with van der Waals surface area (Å²) in [6.45, 7) is 4.33. The molecule has 2 N–H and O–H groups in total. The molecule has 0 saturated heterocycles. The Morgan fingerprint density at radius 3 is 2.81 bits per heavy atom. The summed E-state index contributed by atoms with van der Waals surface area (Å²) in [5, 5.41) is 6.53. The van der Waals surface area contributed by atoms with Crippen LogP contribution in [0.2, 0.25) is 0 Å². The largest absolute Gasteiger partial charge is 0.490 e. The Kier molecular flexibility index (Phi) is 5.81. The lowest BCUT2D eigenvalue weighted by atomic mass is 10.1. The van der Waals surface area contributed by atoms with Crippen molar-refractivity contribution in [3.05, 3.63) is 30.0 Å². The highest BCUT2D eigenvalue weighted by Crippen LogP contribution is 2.31. The van der Waals surface area contributed by atoms with Crippen LogP contribution >= 0.6 is 0 Å². The number of benzene rings is 1. The maximum atomic E-state index is 12.1. The number of fused-ring (bicyclic) bond motifs is 1. The van der Waals surface area contributed by atoms with Gasteiger partial charge in [-0.25, -0.2) is 0 Å². The van der Waals surface area contributed by atoms with E-state index < -0.39 is 0 Å². The molecule has 1 aliphatic rings. The number of rotatable bonds is 7. The second-order valence-corrected chi connectivity index (χ2v) is 6.74. The zero-order valence-corrected chi connectivity index (χ0v) is 15.3. The highest BCUT2D eigenvalue weighted by molar-refractivity contribution is 5.86. The molecule has 1 atom stereocenters. The summed E-state index contributed by atoms with van der Waals surface area (Å²) < 4.78 is 11.5. The maximum absolute atomic E-state index is 12.1. The first-order valence-electron chi connectivity index (χ1n) is 9.30. The second-order valence-electron chi connectivity index (χ2n) is 6.74. The molecule has 1 unspecified atom stereocenters. The summed E-state index contributed by atoms with van der Waals surface area (Å²) in [5.74, 6) is 1.17. The number of hydrogen-bond acceptors (Lipinski definition) is 4. The lowest BCUT2D eigenvalue weighted by Gasteiger charge is -2.13. The van der Waals surface area contributed by atoms with E-state index in [-0.39, 0.29) is 30.3 Å². The lowest BCUT2D eigenvalue weighted by Crippen LogP contribution is -2.39. The van der Waals surface area contributed by atoms with Crippen LogP contribution in [-0.4, -0.2) is 25.0 Å². The number of carbonyl (C=O) groups is 2. The first kappa shape index (κ1) is 18.3. The Balaban J connectivity index is 1.57. The van der Waals surface area contributed by atoms with E-state index in [9.17, 15) is 9.59 Å². The van der Waals surface area contributed by atoms with Crippen molar-refractivity contribution in [2.24, 2.45) is 5.92 Å². The normalized spacial score (nSPS) is 15.8. The van der Waals surface area contributed by atoms with Crippen molar-refractivity contribution in [2.45, 2.75) is 45.6 Å². The molecule has 3 rings (SSSR count). The van der Waals surface area contributed by atoms with E-state index in [1.54, 1.807) is 0 Å². The summed E-state index contributed by atoms with van der Waals surface area (Å²) in [6, 6.07) is 7.32. The van der Waals surface area contributed by atoms with Crippen molar-refractivity contribution >= 4 is 22.8 Å². The third-order valence-corrected chi connectivity index (χ3v) is 4.78. The second kappa shape index (κ2) is 8.25. The van der Waals surface area contributed by atoms with E-state index in [0.717, 1.165) is 31.1 Å². The number of para-hydroxylation sites is 1. The average molecular weight is 358 g/mol. The first-order chi connectivity index (χ1) is 12.6. The van der Waals surface area contributed by atoms with Gasteiger partial charge >= 0.3 is 0 Å². The molecular formula is C20H26N2O4. The van der Waals surface area contributed by atoms with Gasteiger partial charge in [-0.3, -0.25) is 9.59 Å². The van der Waals surface area contributed by atoms with Gasteiger partial charge in [0.05, 0.1) is 19.2 Å². The zero-order chi connectivity index (χ0) is 18.5. The first-order valence-corrected chi connectivity index (χ1v) is 9.30. The molecule has 1 aromatic carbocycles. The van der Waals surface area contributed by atoms with Crippen LogP contribution in [-0.2, 0) is 9.59 Å². The van der Waals surface area contributed by atoms with Gasteiger partial charge in [-0.1, -0.05) is 25.0 Å². The molecule has 2 amide bonds. The number of hydrogen-bond donors (Lipinski definition) is 2. The topological polar surface area (TPSA) is 80.6 Å². The molecule has 140 valence electrons. The molecule has 1 aromatic heterocycles. The van der Waals surface area contributed by atoms with Gasteiger partial charge in [0.1, 0.15) is 5.76 Å². The van der Waals surface area contributed by atoms with Crippen molar-refractivity contribution in [1.82, 2.24) is 10.6 Å². The van der Waals surface area contributed by atoms with E-state index in [1.807, 2.05) is 38.1 Å². The summed E-state index contributed by atoms with van der Waals surface area (Å²) in [7, 11) is 0. The number of amides is 2. The molecule has 1 aliphatic carbocycles. The molecule has 0 bridgehead atoms. The highest BCUT2D eigenvalue weighted by Gasteiger charge is 2.23. The Morgan fingerprint density at radius 2 is 2.08 bits per heavy atom. The van der Waals surface area contributed by atoms with Crippen molar-refractivity contribution in [3.8, 4) is 5.75 Å². The van der Waals surface area contributed by atoms with E-state index in [4.69, 9.17) is 9.15 Å². The van der Waals surface area contributed by atoms with E-state index in [2.05, 4.69) is 10.6 Å². The van der Waals surface area contributed by atoms with Crippen LogP contribution < -0.4 is 15.4 Å². The van der Waals surface area contributed by atoms with Crippen LogP contribution in [0.4, 0.5) is 0 Å². The van der Waals surface area contributed by atoms with Gasteiger partial charge in [0, 0.05) is 11.3 Å². The summed E-state index contributed by atoms with van der Waals surface area (Å²) >= 11 is 0. The Bertz CT molecular complexity index is 777. The van der Waals surface area contributed by atoms with Crippen molar-refractivity contribution in [3.63, 3.8) is 0 Å². The minimum Gasteiger partial charge on any atom is -0.490 e. The van der Waals surface area contributed by atoms with Gasteiger partial charge < -0.3 is 19.8 Å². The predicted molar refractivity (Wildman–Crippen MR) is 98.9 cm³/mol. The Morgan fingerprint density at radius 1 is 1.31 bits per heavy atom. The van der Waals surface area contributed by atoms with Gasteiger partial charge in [-0.2, -0.15) is 0 Å². The predicted octanol–water partition coefficient (Wildman–Crippen LogP) is 3.32. The summed E-state index contributed by atoms with van der Waals surface area (Å²) in [6.07, 6.45) is 4.03. The van der Waals surface area contributed by atoms with Gasteiger partial charge in [-0.05, 0) is 38.8 Å². The van der Waals surface area contributed by atoms with Crippen molar-refractivity contribution < 1.29 is 18.7 Å². The third kappa shape index (κ3) is 4.18. The third-order valence-electron chi connectivity index (χ3n) is 4.78. The standard InChI is InChI=1S/C20H26N2O4/c1-3-25-16-10-6-9-15-11-17(26-19(15)16)13(2)22-18(23)12-21-20(24)14-7-4-5-8-14/h6,9-11,13-14H,3-5,7-8,12H2,1-2H3,(H,21,24)(H,22,23). The molecule has 6 heteroatoms. The molecule has 1 fully saturated rings. The van der Waals surface area contributed by atoms with Crippen LogP contribution in [0.1, 0.15) is 51.3 Å². The van der Waals surface area contributed by atoms with Gasteiger partial charge in [-0.15, -0.1) is 0 Å². The number of nitrogens with one attached hydrogen (secondary N) is 2. The van der Waals surface area contributed by atoms with Crippen molar-refractivity contribution in [2.75, 3.05) is 13.2 Å². The average Bonchev–Trinajstić information content (AvgIpc) is 3.30. The van der Waals surface area contributed by atoms with Crippen LogP contribution in [0.25, 0.3) is 11.0 Å². The molecule has 0 aliphatic heterocycles. The van der Waals surface area contributed by atoms with Crippen LogP contribution in [0.5, 0.6) is 5.75 Å². The SMILES string of the molecule is CCOc1cccc2cc(C(C)NC(=O)CNC(=O)C3CCCC3)oc12. The Hall–Kier alpha value is -2.50. The molecular weight excluding hydrogens is 332 g/mol.